The van der Waals surface area contributed by atoms with E-state index < -0.39 is 11.4 Å². The van der Waals surface area contributed by atoms with Crippen LogP contribution in [0.3, 0.4) is 0 Å². The molecular formula is C16H17BrN2O4. The third-order valence-corrected chi connectivity index (χ3v) is 5.20. The molecule has 1 aliphatic heterocycles. The van der Waals surface area contributed by atoms with Crippen LogP contribution >= 0.6 is 15.9 Å². The van der Waals surface area contributed by atoms with Crippen molar-refractivity contribution in [3.63, 3.8) is 0 Å². The van der Waals surface area contributed by atoms with Gasteiger partial charge >= 0.3 is 5.97 Å². The molecule has 0 aliphatic carbocycles. The lowest BCUT2D eigenvalue weighted by atomic mass is 9.88. The van der Waals surface area contributed by atoms with Crippen LogP contribution in [0.1, 0.15) is 16.9 Å². The average Bonchev–Trinajstić information content (AvgIpc) is 3.11. The Labute approximate surface area is 141 Å². The van der Waals surface area contributed by atoms with Crippen LogP contribution < -0.4 is 0 Å². The van der Waals surface area contributed by atoms with Gasteiger partial charge in [-0.3, -0.25) is 9.59 Å². The van der Waals surface area contributed by atoms with E-state index in [4.69, 9.17) is 4.74 Å². The zero-order chi connectivity index (χ0) is 16.6. The Balaban J connectivity index is 1.89. The number of hydrogen-bond acceptors (Lipinski definition) is 3. The topological polar surface area (TPSA) is 82.6 Å². The Kier molecular flexibility index (Phi) is 4.16. The molecule has 0 radical (unpaired) electrons. The molecule has 1 aliphatic rings. The van der Waals surface area contributed by atoms with Crippen molar-refractivity contribution in [1.82, 2.24) is 9.88 Å². The minimum absolute atomic E-state index is 0.0972. The summed E-state index contributed by atoms with van der Waals surface area (Å²) < 4.78 is 5.77. The summed E-state index contributed by atoms with van der Waals surface area (Å²) in [7, 11) is 1.48. The highest BCUT2D eigenvalue weighted by Gasteiger charge is 2.46. The van der Waals surface area contributed by atoms with E-state index in [-0.39, 0.29) is 19.1 Å². The molecule has 23 heavy (non-hydrogen) atoms. The quantitative estimate of drug-likeness (QED) is 0.853. The van der Waals surface area contributed by atoms with Gasteiger partial charge in [-0.05, 0) is 28.4 Å². The van der Waals surface area contributed by atoms with Crippen LogP contribution in [0.4, 0.5) is 0 Å². The fourth-order valence-corrected chi connectivity index (χ4v) is 3.70. The maximum atomic E-state index is 12.8. The molecule has 1 fully saturated rings. The molecule has 2 N–H and O–H groups in total. The lowest BCUT2D eigenvalue weighted by Gasteiger charge is -2.23. The second-order valence-electron chi connectivity index (χ2n) is 5.85. The van der Waals surface area contributed by atoms with Crippen LogP contribution in [0.15, 0.2) is 28.7 Å². The molecule has 2 heterocycles. The van der Waals surface area contributed by atoms with Crippen molar-refractivity contribution in [2.45, 2.75) is 6.42 Å². The summed E-state index contributed by atoms with van der Waals surface area (Å²) >= 11 is 3.47. The summed E-state index contributed by atoms with van der Waals surface area (Å²) in [6, 6.07) is 7.61. The smallest absolute Gasteiger partial charge is 0.313 e. The van der Waals surface area contributed by atoms with Crippen LogP contribution in [-0.2, 0) is 9.53 Å². The molecule has 1 aromatic carbocycles. The molecule has 1 aromatic heterocycles. The van der Waals surface area contributed by atoms with E-state index in [2.05, 4.69) is 20.9 Å². The molecule has 122 valence electrons. The minimum Gasteiger partial charge on any atom is -0.481 e. The second-order valence-corrected chi connectivity index (χ2v) is 6.65. The lowest BCUT2D eigenvalue weighted by molar-refractivity contribution is -0.151. The number of H-pyrrole nitrogens is 1. The van der Waals surface area contributed by atoms with E-state index in [0.29, 0.717) is 23.1 Å². The van der Waals surface area contributed by atoms with Crippen LogP contribution in [0, 0.1) is 5.41 Å². The number of carbonyl (C=O) groups excluding carboxylic acids is 1. The zero-order valence-corrected chi connectivity index (χ0v) is 14.2. The number of carboxylic acid groups (broad SMARTS) is 1. The lowest BCUT2D eigenvalue weighted by Crippen LogP contribution is -2.40. The van der Waals surface area contributed by atoms with Gasteiger partial charge in [-0.15, -0.1) is 0 Å². The number of likely N-dealkylation sites (tertiary alicyclic amines) is 1. The standard InChI is InChI=1S/C16H17BrN2O4/c1-23-9-16(15(21)22)6-7-19(8-16)14(20)13-12(17)10-4-2-3-5-11(10)18-13/h2-5,18H,6-9H2,1H3,(H,21,22). The molecule has 6 nitrogen and oxygen atoms in total. The highest BCUT2D eigenvalue weighted by atomic mass is 79.9. The van der Waals surface area contributed by atoms with E-state index in [9.17, 15) is 14.7 Å². The van der Waals surface area contributed by atoms with Gasteiger partial charge in [-0.25, -0.2) is 0 Å². The monoisotopic (exact) mass is 380 g/mol. The first-order valence-corrected chi connectivity index (χ1v) is 8.05. The Hall–Kier alpha value is -1.86. The number of ether oxygens (including phenoxy) is 1. The average molecular weight is 381 g/mol. The Morgan fingerprint density at radius 3 is 2.83 bits per heavy atom. The van der Waals surface area contributed by atoms with E-state index >= 15 is 0 Å². The molecule has 2 aromatic rings. The van der Waals surface area contributed by atoms with Crippen molar-refractivity contribution >= 4 is 38.7 Å². The SMILES string of the molecule is COCC1(C(=O)O)CCN(C(=O)c2[nH]c3ccccc3c2Br)C1. The predicted molar refractivity (Wildman–Crippen MR) is 88.5 cm³/mol. The van der Waals surface area contributed by atoms with Gasteiger partial charge in [-0.2, -0.15) is 0 Å². The van der Waals surface area contributed by atoms with Crippen molar-refractivity contribution in [2.24, 2.45) is 5.41 Å². The number of amides is 1. The van der Waals surface area contributed by atoms with Gasteiger partial charge in [0.05, 0.1) is 11.1 Å². The Bertz CT molecular complexity index is 773. The van der Waals surface area contributed by atoms with Crippen LogP contribution in [0.5, 0.6) is 0 Å². The van der Waals surface area contributed by atoms with Gasteiger partial charge in [-0.1, -0.05) is 18.2 Å². The minimum atomic E-state index is -1.02. The van der Waals surface area contributed by atoms with Gasteiger partial charge in [0.1, 0.15) is 11.1 Å². The first-order valence-electron chi connectivity index (χ1n) is 7.26. The number of nitrogens with one attached hydrogen (secondary N) is 1. The molecule has 3 rings (SSSR count). The molecule has 0 bridgehead atoms. The number of aromatic amines is 1. The largest absolute Gasteiger partial charge is 0.481 e. The number of carbonyl (C=O) groups is 2. The number of hydrogen-bond donors (Lipinski definition) is 2. The number of para-hydroxylation sites is 1. The number of halogens is 1. The number of benzene rings is 1. The Morgan fingerprint density at radius 1 is 1.43 bits per heavy atom. The first-order chi connectivity index (χ1) is 11.0. The molecular weight excluding hydrogens is 364 g/mol. The maximum absolute atomic E-state index is 12.8. The number of aliphatic carboxylic acids is 1. The van der Waals surface area contributed by atoms with E-state index in [1.54, 1.807) is 4.90 Å². The van der Waals surface area contributed by atoms with E-state index in [1.165, 1.54) is 7.11 Å². The first kappa shape index (κ1) is 16.0. The van der Waals surface area contributed by atoms with Crippen molar-refractivity contribution in [1.29, 1.82) is 0 Å². The third-order valence-electron chi connectivity index (χ3n) is 4.37. The molecule has 1 saturated heterocycles. The predicted octanol–water partition coefficient (Wildman–Crippen LogP) is 2.49. The van der Waals surface area contributed by atoms with Gasteiger partial charge < -0.3 is 19.7 Å². The number of carboxylic acids is 1. The summed E-state index contributed by atoms with van der Waals surface area (Å²) in [6.07, 6.45) is 0.389. The van der Waals surface area contributed by atoms with Gasteiger partial charge in [0.25, 0.3) is 5.91 Å². The second kappa shape index (κ2) is 5.98. The molecule has 0 saturated carbocycles. The van der Waals surface area contributed by atoms with Crippen molar-refractivity contribution in [3.05, 3.63) is 34.4 Å². The zero-order valence-electron chi connectivity index (χ0n) is 12.6. The number of aromatic nitrogens is 1. The van der Waals surface area contributed by atoms with Gasteiger partial charge in [0.2, 0.25) is 0 Å². The number of nitrogens with zero attached hydrogens (tertiary/aromatic N) is 1. The summed E-state index contributed by atoms with van der Waals surface area (Å²) in [5.41, 5.74) is 0.288. The van der Waals surface area contributed by atoms with Gasteiger partial charge in [0, 0.05) is 31.1 Å². The molecule has 1 amide bonds. The number of methoxy groups -OCH3 is 1. The van der Waals surface area contributed by atoms with Crippen LogP contribution in [0.25, 0.3) is 10.9 Å². The van der Waals surface area contributed by atoms with Crippen molar-refractivity contribution < 1.29 is 19.4 Å². The summed E-state index contributed by atoms with van der Waals surface area (Å²) in [5.74, 6) is -1.13. The van der Waals surface area contributed by atoms with Crippen molar-refractivity contribution in [3.8, 4) is 0 Å². The van der Waals surface area contributed by atoms with Crippen LogP contribution in [-0.4, -0.2) is 53.7 Å². The third kappa shape index (κ3) is 2.64. The molecule has 1 atom stereocenters. The molecule has 0 spiro atoms. The van der Waals surface area contributed by atoms with E-state index in [1.807, 2.05) is 24.3 Å². The maximum Gasteiger partial charge on any atom is 0.313 e. The Morgan fingerprint density at radius 2 is 2.17 bits per heavy atom. The summed E-state index contributed by atoms with van der Waals surface area (Å²) in [4.78, 5) is 29.1. The fourth-order valence-electron chi connectivity index (χ4n) is 3.09. The summed E-state index contributed by atoms with van der Waals surface area (Å²) in [5, 5.41) is 10.4. The number of rotatable bonds is 4. The van der Waals surface area contributed by atoms with Crippen LogP contribution in [0.2, 0.25) is 0 Å². The van der Waals surface area contributed by atoms with Gasteiger partial charge in [0.15, 0.2) is 0 Å². The van der Waals surface area contributed by atoms with E-state index in [0.717, 1.165) is 10.9 Å². The highest BCUT2D eigenvalue weighted by molar-refractivity contribution is 9.10. The van der Waals surface area contributed by atoms with Crippen molar-refractivity contribution in [2.75, 3.05) is 26.8 Å². The highest BCUT2D eigenvalue weighted by Crippen LogP contribution is 2.34. The summed E-state index contributed by atoms with van der Waals surface area (Å²) in [6.45, 7) is 0.646. The normalized spacial score (nSPS) is 21.0. The molecule has 1 unspecified atom stereocenters. The molecule has 7 heteroatoms. The number of fused-ring (bicyclic) bond motifs is 1. The fraction of sp³-hybridized carbons (Fsp3) is 0.375.